The van der Waals surface area contributed by atoms with Gasteiger partial charge in [0.15, 0.2) is 0 Å². The Balaban J connectivity index is 2.29. The number of hydrogen-bond acceptors (Lipinski definition) is 3. The number of methoxy groups -OCH3 is 1. The van der Waals surface area contributed by atoms with E-state index in [9.17, 15) is 0 Å². The quantitative estimate of drug-likeness (QED) is 0.831. The molecule has 1 atom stereocenters. The molecule has 4 heteroatoms. The number of ether oxygens (including phenoxy) is 1. The van der Waals surface area contributed by atoms with Gasteiger partial charge in [0.05, 0.1) is 7.11 Å². The van der Waals surface area contributed by atoms with Crippen LogP contribution in [0.15, 0.2) is 18.2 Å². The minimum absolute atomic E-state index is 0.287. The molecule has 0 radical (unpaired) electrons. The molecule has 110 valence electrons. The molecule has 1 aliphatic carbocycles. The van der Waals surface area contributed by atoms with Crippen LogP contribution in [0, 0.1) is 5.41 Å². The lowest BCUT2D eigenvalue weighted by atomic mass is 9.73. The summed E-state index contributed by atoms with van der Waals surface area (Å²) >= 11 is 5.15. The van der Waals surface area contributed by atoms with Gasteiger partial charge in [-0.1, -0.05) is 38.9 Å². The molecule has 1 saturated carbocycles. The van der Waals surface area contributed by atoms with Crippen LogP contribution < -0.4 is 15.8 Å². The van der Waals surface area contributed by atoms with Gasteiger partial charge in [-0.05, 0) is 30.4 Å². The van der Waals surface area contributed by atoms with Crippen LogP contribution in [0.5, 0.6) is 5.75 Å². The first-order valence-electron chi connectivity index (χ1n) is 7.18. The van der Waals surface area contributed by atoms with Crippen LogP contribution in [0.1, 0.15) is 45.1 Å². The maximum absolute atomic E-state index is 5.83. The summed E-state index contributed by atoms with van der Waals surface area (Å²) in [6.07, 6.45) is 5.01. The summed E-state index contributed by atoms with van der Waals surface area (Å²) in [6.45, 7) is 4.65. The van der Waals surface area contributed by atoms with Gasteiger partial charge < -0.3 is 15.8 Å². The number of nitrogens with two attached hydrogens (primary N) is 1. The van der Waals surface area contributed by atoms with Gasteiger partial charge in [-0.2, -0.15) is 0 Å². The van der Waals surface area contributed by atoms with Gasteiger partial charge in [-0.25, -0.2) is 0 Å². The van der Waals surface area contributed by atoms with E-state index in [0.717, 1.165) is 17.0 Å². The average molecular weight is 292 g/mol. The van der Waals surface area contributed by atoms with E-state index < -0.39 is 0 Å². The van der Waals surface area contributed by atoms with Gasteiger partial charge in [-0.3, -0.25) is 0 Å². The van der Waals surface area contributed by atoms with Crippen molar-refractivity contribution in [3.05, 3.63) is 23.8 Å². The van der Waals surface area contributed by atoms with Crippen LogP contribution in [0.2, 0.25) is 0 Å². The number of benzene rings is 1. The van der Waals surface area contributed by atoms with E-state index in [1.165, 1.54) is 25.7 Å². The van der Waals surface area contributed by atoms with Crippen molar-refractivity contribution in [2.24, 2.45) is 11.1 Å². The third kappa shape index (κ3) is 3.23. The topological polar surface area (TPSA) is 47.3 Å². The molecular formula is C16H24N2OS. The highest BCUT2D eigenvalue weighted by atomic mass is 32.1. The molecule has 0 aromatic heterocycles. The zero-order chi connectivity index (χ0) is 14.8. The summed E-state index contributed by atoms with van der Waals surface area (Å²) < 4.78 is 5.31. The van der Waals surface area contributed by atoms with E-state index >= 15 is 0 Å². The second-order valence-corrected chi connectivity index (χ2v) is 6.65. The standard InChI is InChI=1S/C16H24N2OS/c1-16(2)9-5-4-6-14(16)18-13-10-11(19-3)7-8-12(13)15(17)20/h7-8,10,14,18H,4-6,9H2,1-3H3,(H2,17,20). The van der Waals surface area contributed by atoms with Gasteiger partial charge in [0, 0.05) is 23.4 Å². The molecule has 0 aliphatic heterocycles. The summed E-state index contributed by atoms with van der Waals surface area (Å²) in [6, 6.07) is 6.25. The Morgan fingerprint density at radius 1 is 1.40 bits per heavy atom. The molecule has 1 aliphatic rings. The molecule has 0 bridgehead atoms. The fourth-order valence-corrected chi connectivity index (χ4v) is 3.11. The Morgan fingerprint density at radius 2 is 2.15 bits per heavy atom. The lowest BCUT2D eigenvalue weighted by Crippen LogP contribution is -2.39. The third-order valence-corrected chi connectivity index (χ3v) is 4.55. The Labute approximate surface area is 126 Å². The number of rotatable bonds is 4. The second kappa shape index (κ2) is 6.00. The molecular weight excluding hydrogens is 268 g/mol. The third-order valence-electron chi connectivity index (χ3n) is 4.33. The highest BCUT2D eigenvalue weighted by Crippen LogP contribution is 2.38. The van der Waals surface area contributed by atoms with E-state index in [0.29, 0.717) is 11.0 Å². The molecule has 2 rings (SSSR count). The first-order valence-corrected chi connectivity index (χ1v) is 7.59. The molecule has 1 aromatic carbocycles. The average Bonchev–Trinajstić information content (AvgIpc) is 2.40. The monoisotopic (exact) mass is 292 g/mol. The lowest BCUT2D eigenvalue weighted by Gasteiger charge is -2.40. The number of thiocarbonyl (C=S) groups is 1. The highest BCUT2D eigenvalue weighted by molar-refractivity contribution is 7.80. The molecule has 3 N–H and O–H groups in total. The van der Waals surface area contributed by atoms with Gasteiger partial charge in [0.25, 0.3) is 0 Å². The van der Waals surface area contributed by atoms with Crippen molar-refractivity contribution in [1.82, 2.24) is 0 Å². The van der Waals surface area contributed by atoms with Crippen molar-refractivity contribution in [1.29, 1.82) is 0 Å². The van der Waals surface area contributed by atoms with Gasteiger partial charge in [-0.15, -0.1) is 0 Å². The first kappa shape index (κ1) is 15.1. The van der Waals surface area contributed by atoms with Crippen LogP contribution >= 0.6 is 12.2 Å². The number of anilines is 1. The van der Waals surface area contributed by atoms with E-state index in [4.69, 9.17) is 22.7 Å². The second-order valence-electron chi connectivity index (χ2n) is 6.21. The molecule has 1 aromatic rings. The smallest absolute Gasteiger partial charge is 0.120 e. The van der Waals surface area contributed by atoms with E-state index in [-0.39, 0.29) is 5.41 Å². The maximum atomic E-state index is 5.83. The molecule has 0 saturated heterocycles. The molecule has 0 spiro atoms. The van der Waals surface area contributed by atoms with Crippen molar-refractivity contribution in [2.45, 2.75) is 45.6 Å². The van der Waals surface area contributed by atoms with Crippen LogP contribution in [-0.4, -0.2) is 18.1 Å². The SMILES string of the molecule is COc1ccc(C(N)=S)c(NC2CCCCC2(C)C)c1. The van der Waals surface area contributed by atoms with Crippen molar-refractivity contribution in [3.8, 4) is 5.75 Å². The summed E-state index contributed by atoms with van der Waals surface area (Å²) in [5.41, 5.74) is 7.99. The Hall–Kier alpha value is -1.29. The van der Waals surface area contributed by atoms with Crippen LogP contribution in [0.25, 0.3) is 0 Å². The van der Waals surface area contributed by atoms with E-state index in [1.54, 1.807) is 7.11 Å². The molecule has 3 nitrogen and oxygen atoms in total. The summed E-state index contributed by atoms with van der Waals surface area (Å²) in [7, 11) is 1.67. The van der Waals surface area contributed by atoms with Crippen LogP contribution in [-0.2, 0) is 0 Å². The summed E-state index contributed by atoms with van der Waals surface area (Å²) in [5.74, 6) is 0.820. The highest BCUT2D eigenvalue weighted by Gasteiger charge is 2.32. The predicted molar refractivity (Wildman–Crippen MR) is 88.5 cm³/mol. The maximum Gasteiger partial charge on any atom is 0.120 e. The van der Waals surface area contributed by atoms with Crippen LogP contribution in [0.3, 0.4) is 0 Å². The largest absolute Gasteiger partial charge is 0.497 e. The first-order chi connectivity index (χ1) is 9.44. The zero-order valence-electron chi connectivity index (χ0n) is 12.5. The molecule has 1 unspecified atom stereocenters. The lowest BCUT2D eigenvalue weighted by molar-refractivity contribution is 0.217. The molecule has 1 fully saturated rings. The molecule has 0 amide bonds. The minimum Gasteiger partial charge on any atom is -0.497 e. The van der Waals surface area contributed by atoms with Gasteiger partial charge >= 0.3 is 0 Å². The molecule has 0 heterocycles. The van der Waals surface area contributed by atoms with Gasteiger partial charge in [0.2, 0.25) is 0 Å². The van der Waals surface area contributed by atoms with E-state index in [1.807, 2.05) is 18.2 Å². The number of hydrogen-bond donors (Lipinski definition) is 2. The van der Waals surface area contributed by atoms with Crippen molar-refractivity contribution < 1.29 is 4.74 Å². The normalized spacial score (nSPS) is 21.2. The Morgan fingerprint density at radius 3 is 2.75 bits per heavy atom. The Bertz CT molecular complexity index is 499. The van der Waals surface area contributed by atoms with Crippen molar-refractivity contribution >= 4 is 22.9 Å². The van der Waals surface area contributed by atoms with Gasteiger partial charge in [0.1, 0.15) is 10.7 Å². The zero-order valence-corrected chi connectivity index (χ0v) is 13.3. The predicted octanol–water partition coefficient (Wildman–Crippen LogP) is 3.71. The number of nitrogens with one attached hydrogen (secondary N) is 1. The Kier molecular flexibility index (Phi) is 4.53. The molecule has 20 heavy (non-hydrogen) atoms. The summed E-state index contributed by atoms with van der Waals surface area (Å²) in [4.78, 5) is 0.420. The fourth-order valence-electron chi connectivity index (χ4n) is 2.93. The van der Waals surface area contributed by atoms with Crippen molar-refractivity contribution in [3.63, 3.8) is 0 Å². The van der Waals surface area contributed by atoms with E-state index in [2.05, 4.69) is 19.2 Å². The fraction of sp³-hybridized carbons (Fsp3) is 0.562. The summed E-state index contributed by atoms with van der Waals surface area (Å²) in [5, 5.41) is 3.65. The van der Waals surface area contributed by atoms with Crippen LogP contribution in [0.4, 0.5) is 5.69 Å². The van der Waals surface area contributed by atoms with Crippen molar-refractivity contribution in [2.75, 3.05) is 12.4 Å². The minimum atomic E-state index is 0.287.